The summed E-state index contributed by atoms with van der Waals surface area (Å²) in [7, 11) is 0. The van der Waals surface area contributed by atoms with Gasteiger partial charge in [0.25, 0.3) is 0 Å². The molecule has 7 nitrogen and oxygen atoms in total. The number of hydrogen-bond acceptors (Lipinski definition) is 4. The Morgan fingerprint density at radius 1 is 1.13 bits per heavy atom. The van der Waals surface area contributed by atoms with E-state index in [9.17, 15) is 14.4 Å². The fourth-order valence-electron chi connectivity index (χ4n) is 4.77. The highest BCUT2D eigenvalue weighted by Crippen LogP contribution is 2.23. The Morgan fingerprint density at radius 3 is 2.57 bits per heavy atom. The first-order chi connectivity index (χ1) is 14.4. The number of nitrogens with zero attached hydrogens (tertiary/aromatic N) is 1. The molecule has 2 fully saturated rings. The van der Waals surface area contributed by atoms with Crippen LogP contribution >= 0.6 is 0 Å². The number of rotatable bonds is 7. The largest absolute Gasteiger partial charge is 0.461 e. The highest BCUT2D eigenvalue weighted by molar-refractivity contribution is 5.90. The van der Waals surface area contributed by atoms with Gasteiger partial charge in [-0.05, 0) is 64.0 Å². The molecule has 2 aliphatic rings. The number of aromatic nitrogens is 1. The lowest BCUT2D eigenvalue weighted by molar-refractivity contribution is -0.135. The summed E-state index contributed by atoms with van der Waals surface area (Å²) in [6, 6.07) is 0.316. The first-order valence-corrected chi connectivity index (χ1v) is 11.3. The molecule has 0 radical (unpaired) electrons. The van der Waals surface area contributed by atoms with Crippen molar-refractivity contribution in [1.82, 2.24) is 15.2 Å². The molecule has 1 aliphatic carbocycles. The molecule has 3 rings (SSSR count). The lowest BCUT2D eigenvalue weighted by atomic mass is 9.96. The molecule has 1 aromatic heterocycles. The number of H-pyrrole nitrogens is 1. The molecule has 1 aromatic rings. The van der Waals surface area contributed by atoms with Crippen LogP contribution in [0.4, 0.5) is 0 Å². The third-order valence-corrected chi connectivity index (χ3v) is 6.51. The van der Waals surface area contributed by atoms with Crippen LogP contribution in [0.1, 0.15) is 79.2 Å². The van der Waals surface area contributed by atoms with E-state index in [0.717, 1.165) is 42.5 Å². The molecule has 0 unspecified atom stereocenters. The van der Waals surface area contributed by atoms with Crippen LogP contribution in [0.25, 0.3) is 0 Å². The van der Waals surface area contributed by atoms with Crippen LogP contribution in [0.5, 0.6) is 0 Å². The van der Waals surface area contributed by atoms with Gasteiger partial charge in [-0.3, -0.25) is 9.59 Å². The van der Waals surface area contributed by atoms with Crippen LogP contribution < -0.4 is 5.32 Å². The maximum atomic E-state index is 12.8. The van der Waals surface area contributed by atoms with Gasteiger partial charge in [-0.2, -0.15) is 0 Å². The number of carbonyl (C=O) groups is 3. The number of ether oxygens (including phenoxy) is 1. The Balaban J connectivity index is 1.54. The third-order valence-electron chi connectivity index (χ3n) is 6.51. The average molecular weight is 418 g/mol. The van der Waals surface area contributed by atoms with Gasteiger partial charge in [0, 0.05) is 31.2 Å². The quantitative estimate of drug-likeness (QED) is 0.667. The van der Waals surface area contributed by atoms with Crippen LogP contribution in [-0.2, 0) is 20.7 Å². The predicted molar refractivity (Wildman–Crippen MR) is 114 cm³/mol. The predicted octanol–water partition coefficient (Wildman–Crippen LogP) is 3.04. The van der Waals surface area contributed by atoms with Gasteiger partial charge in [-0.1, -0.05) is 12.8 Å². The lowest BCUT2D eigenvalue weighted by Crippen LogP contribution is -2.47. The van der Waals surface area contributed by atoms with Crippen molar-refractivity contribution in [3.05, 3.63) is 22.5 Å². The molecule has 7 heteroatoms. The van der Waals surface area contributed by atoms with Crippen LogP contribution in [0.15, 0.2) is 0 Å². The fraction of sp³-hybridized carbons (Fsp3) is 0.696. The summed E-state index contributed by atoms with van der Waals surface area (Å²) >= 11 is 0. The van der Waals surface area contributed by atoms with Crippen molar-refractivity contribution < 1.29 is 19.1 Å². The molecule has 2 N–H and O–H groups in total. The Hall–Kier alpha value is -2.31. The first-order valence-electron chi connectivity index (χ1n) is 11.3. The molecule has 1 saturated heterocycles. The second-order valence-corrected chi connectivity index (χ2v) is 8.62. The summed E-state index contributed by atoms with van der Waals surface area (Å²) < 4.78 is 5.10. The summed E-state index contributed by atoms with van der Waals surface area (Å²) in [4.78, 5) is 42.5. The number of esters is 1. The molecule has 1 atom stereocenters. The normalized spacial score (nSPS) is 19.7. The van der Waals surface area contributed by atoms with Gasteiger partial charge in [-0.25, -0.2) is 4.79 Å². The average Bonchev–Trinajstić information content (AvgIpc) is 3.34. The first kappa shape index (κ1) is 22.4. The molecular weight excluding hydrogens is 382 g/mol. The zero-order valence-electron chi connectivity index (χ0n) is 18.5. The Morgan fingerprint density at radius 2 is 1.87 bits per heavy atom. The van der Waals surface area contributed by atoms with Gasteiger partial charge in [0.1, 0.15) is 5.69 Å². The van der Waals surface area contributed by atoms with Gasteiger partial charge >= 0.3 is 5.97 Å². The van der Waals surface area contributed by atoms with Gasteiger partial charge in [-0.15, -0.1) is 0 Å². The standard InChI is InChI=1S/C23H35N3O4/c1-4-30-23(29)21-15(2)19(16(3)24-21)11-12-20(27)26-13-7-8-17(14-26)22(28)25-18-9-5-6-10-18/h17-18,24H,4-14H2,1-3H3,(H,25,28)/t17-/m0/s1. The number of hydrogen-bond donors (Lipinski definition) is 2. The molecule has 30 heavy (non-hydrogen) atoms. The number of amides is 2. The smallest absolute Gasteiger partial charge is 0.355 e. The van der Waals surface area contributed by atoms with Crippen LogP contribution in [0, 0.1) is 19.8 Å². The van der Waals surface area contributed by atoms with E-state index >= 15 is 0 Å². The van der Waals surface area contributed by atoms with E-state index < -0.39 is 0 Å². The summed E-state index contributed by atoms with van der Waals surface area (Å²) in [5.74, 6) is -0.279. The molecular formula is C23H35N3O4. The highest BCUT2D eigenvalue weighted by atomic mass is 16.5. The van der Waals surface area contributed by atoms with Crippen molar-refractivity contribution in [2.24, 2.45) is 5.92 Å². The Labute approximate surface area is 178 Å². The number of piperidine rings is 1. The number of likely N-dealkylation sites (tertiary alicyclic amines) is 1. The molecule has 166 valence electrons. The number of aromatic amines is 1. The van der Waals surface area contributed by atoms with Crippen molar-refractivity contribution >= 4 is 17.8 Å². The summed E-state index contributed by atoms with van der Waals surface area (Å²) in [6.07, 6.45) is 7.19. The monoisotopic (exact) mass is 417 g/mol. The number of nitrogens with one attached hydrogen (secondary N) is 2. The Kier molecular flexibility index (Phi) is 7.56. The summed E-state index contributed by atoms with van der Waals surface area (Å²) in [6.45, 7) is 7.14. The zero-order chi connectivity index (χ0) is 21.7. The van der Waals surface area contributed by atoms with Gasteiger partial charge in [0.2, 0.25) is 11.8 Å². The Bertz CT molecular complexity index is 780. The highest BCUT2D eigenvalue weighted by Gasteiger charge is 2.30. The molecule has 2 heterocycles. The zero-order valence-corrected chi connectivity index (χ0v) is 18.5. The van der Waals surface area contributed by atoms with Crippen LogP contribution in [0.3, 0.4) is 0 Å². The maximum Gasteiger partial charge on any atom is 0.355 e. The number of aryl methyl sites for hydroxylation is 1. The van der Waals surface area contributed by atoms with E-state index in [1.165, 1.54) is 12.8 Å². The second-order valence-electron chi connectivity index (χ2n) is 8.62. The molecule has 1 aliphatic heterocycles. The summed E-state index contributed by atoms with van der Waals surface area (Å²) in [5.41, 5.74) is 3.22. The molecule has 0 bridgehead atoms. The van der Waals surface area contributed by atoms with Crippen LogP contribution in [-0.4, -0.2) is 53.4 Å². The van der Waals surface area contributed by atoms with Gasteiger partial charge in [0.05, 0.1) is 12.5 Å². The minimum atomic E-state index is -0.358. The summed E-state index contributed by atoms with van der Waals surface area (Å²) in [5, 5.41) is 3.18. The van der Waals surface area contributed by atoms with Crippen molar-refractivity contribution in [3.63, 3.8) is 0 Å². The van der Waals surface area contributed by atoms with E-state index in [0.29, 0.717) is 44.3 Å². The van der Waals surface area contributed by atoms with E-state index in [4.69, 9.17) is 4.74 Å². The van der Waals surface area contributed by atoms with Crippen molar-refractivity contribution in [3.8, 4) is 0 Å². The minimum absolute atomic E-state index is 0.0750. The maximum absolute atomic E-state index is 12.8. The van der Waals surface area contributed by atoms with Crippen molar-refractivity contribution in [1.29, 1.82) is 0 Å². The van der Waals surface area contributed by atoms with Crippen molar-refractivity contribution in [2.45, 2.75) is 78.2 Å². The third kappa shape index (κ3) is 5.24. The molecule has 0 spiro atoms. The minimum Gasteiger partial charge on any atom is -0.461 e. The van der Waals surface area contributed by atoms with E-state index in [1.807, 2.05) is 18.7 Å². The van der Waals surface area contributed by atoms with Crippen molar-refractivity contribution in [2.75, 3.05) is 19.7 Å². The molecule has 0 aromatic carbocycles. The SMILES string of the molecule is CCOC(=O)c1[nH]c(C)c(CCC(=O)N2CCC[C@H](C(=O)NC3CCCC3)C2)c1C. The molecule has 2 amide bonds. The van der Waals surface area contributed by atoms with Gasteiger partial charge in [0.15, 0.2) is 0 Å². The van der Waals surface area contributed by atoms with E-state index in [-0.39, 0.29) is 23.7 Å². The van der Waals surface area contributed by atoms with E-state index in [1.54, 1.807) is 6.92 Å². The van der Waals surface area contributed by atoms with Crippen LogP contribution in [0.2, 0.25) is 0 Å². The molecule has 1 saturated carbocycles. The van der Waals surface area contributed by atoms with E-state index in [2.05, 4.69) is 10.3 Å². The van der Waals surface area contributed by atoms with Gasteiger partial charge < -0.3 is 19.9 Å². The topological polar surface area (TPSA) is 91.5 Å². The lowest BCUT2D eigenvalue weighted by Gasteiger charge is -2.32. The second kappa shape index (κ2) is 10.1. The fourth-order valence-corrected chi connectivity index (χ4v) is 4.77. The number of carbonyl (C=O) groups excluding carboxylic acids is 3.